The van der Waals surface area contributed by atoms with Crippen LogP contribution in [0.2, 0.25) is 0 Å². The maximum Gasteiger partial charge on any atom is -0.0363 e. The highest BCUT2D eigenvalue weighted by Gasteiger charge is 2.35. The average molecular weight is 617 g/mol. The Morgan fingerprint density at radius 2 is 0.477 bits per heavy atom. The number of rotatable bonds is 5. The summed E-state index contributed by atoms with van der Waals surface area (Å²) in [5, 5.41) is 0. The summed E-state index contributed by atoms with van der Waals surface area (Å²) in [6, 6.07) is 0. The van der Waals surface area contributed by atoms with E-state index in [9.17, 15) is 0 Å². The third-order valence-electron chi connectivity index (χ3n) is 13.1. The monoisotopic (exact) mass is 617 g/mol. The summed E-state index contributed by atoms with van der Waals surface area (Å²) in [5.41, 5.74) is 0. The molecule has 5 rings (SSSR count). The molecule has 4 atom stereocenters. The summed E-state index contributed by atoms with van der Waals surface area (Å²) in [4.78, 5) is 0. The molecule has 264 valence electrons. The van der Waals surface area contributed by atoms with Crippen LogP contribution in [0, 0.1) is 88.8 Å². The minimum atomic E-state index is 0.924. The van der Waals surface area contributed by atoms with E-state index in [0.717, 1.165) is 88.8 Å². The fourth-order valence-corrected chi connectivity index (χ4v) is 8.42. The second-order valence-corrected chi connectivity index (χ2v) is 19.0. The molecule has 5 fully saturated rings. The van der Waals surface area contributed by atoms with E-state index in [1.807, 2.05) is 0 Å². The lowest BCUT2D eigenvalue weighted by Crippen LogP contribution is -2.16. The van der Waals surface area contributed by atoms with Crippen molar-refractivity contribution in [2.75, 3.05) is 0 Å². The standard InChI is InChI=1S/3C10H20.2C7H14/c3*1-8(2)10-6-4-9(3)5-7-10;2*1-5(2)7-4-6(7)3/h3*8-10H,4-7H2,1-3H3;2*5-7H,4H2,1-3H3/t;;;2*6-,7+/m...10/s1. The quantitative estimate of drug-likeness (QED) is 0.288. The predicted octanol–water partition coefficient (Wildman–Crippen LogP) is 15.0. The summed E-state index contributed by atoms with van der Waals surface area (Å²) >= 11 is 0. The zero-order valence-electron chi connectivity index (χ0n) is 33.6. The Balaban J connectivity index is 0.000000277. The molecule has 0 aromatic rings. The Hall–Kier alpha value is 0. The van der Waals surface area contributed by atoms with Crippen LogP contribution >= 0.6 is 0 Å². The van der Waals surface area contributed by atoms with Crippen molar-refractivity contribution in [1.29, 1.82) is 0 Å². The molecule has 0 aromatic carbocycles. The third kappa shape index (κ3) is 18.4. The number of hydrogen-bond acceptors (Lipinski definition) is 0. The van der Waals surface area contributed by atoms with Crippen molar-refractivity contribution in [3.05, 3.63) is 0 Å². The van der Waals surface area contributed by atoms with Gasteiger partial charge in [-0.25, -0.2) is 0 Å². The van der Waals surface area contributed by atoms with E-state index in [2.05, 4.69) is 104 Å². The molecule has 5 saturated carbocycles. The first-order valence-corrected chi connectivity index (χ1v) is 20.5. The molecule has 0 radical (unpaired) electrons. The summed E-state index contributed by atoms with van der Waals surface area (Å²) in [7, 11) is 0. The second-order valence-electron chi connectivity index (χ2n) is 19.0. The van der Waals surface area contributed by atoms with Gasteiger partial charge in [-0.2, -0.15) is 0 Å². The van der Waals surface area contributed by atoms with E-state index in [0.29, 0.717) is 0 Å². The first-order valence-electron chi connectivity index (χ1n) is 20.5. The van der Waals surface area contributed by atoms with Crippen molar-refractivity contribution in [3.8, 4) is 0 Å². The predicted molar refractivity (Wildman–Crippen MR) is 202 cm³/mol. The summed E-state index contributed by atoms with van der Waals surface area (Å²) in [6.07, 6.45) is 20.7. The largest absolute Gasteiger partial charge is 0.0625 e. The molecule has 0 nitrogen and oxygen atoms in total. The van der Waals surface area contributed by atoms with Crippen molar-refractivity contribution in [2.24, 2.45) is 88.8 Å². The highest BCUT2D eigenvalue weighted by Crippen LogP contribution is 2.44. The molecule has 0 aromatic heterocycles. The topological polar surface area (TPSA) is 0 Å². The van der Waals surface area contributed by atoms with Crippen LogP contribution in [0.4, 0.5) is 0 Å². The van der Waals surface area contributed by atoms with Crippen molar-refractivity contribution >= 4 is 0 Å². The smallest absolute Gasteiger partial charge is 0.0363 e. The summed E-state index contributed by atoms with van der Waals surface area (Å²) < 4.78 is 0. The van der Waals surface area contributed by atoms with Gasteiger partial charge in [-0.05, 0) is 140 Å². The van der Waals surface area contributed by atoms with Crippen LogP contribution in [0.1, 0.15) is 194 Å². The van der Waals surface area contributed by atoms with Gasteiger partial charge in [-0.15, -0.1) is 0 Å². The van der Waals surface area contributed by atoms with E-state index >= 15 is 0 Å². The van der Waals surface area contributed by atoms with Crippen molar-refractivity contribution in [2.45, 2.75) is 194 Å². The zero-order valence-corrected chi connectivity index (χ0v) is 33.6. The van der Waals surface area contributed by atoms with E-state index in [-0.39, 0.29) is 0 Å². The van der Waals surface area contributed by atoms with Crippen LogP contribution in [0.5, 0.6) is 0 Å². The Bertz CT molecular complexity index is 578. The third-order valence-corrected chi connectivity index (χ3v) is 13.1. The molecule has 44 heavy (non-hydrogen) atoms. The molecule has 0 unspecified atom stereocenters. The van der Waals surface area contributed by atoms with Gasteiger partial charge >= 0.3 is 0 Å². The molecule has 0 bridgehead atoms. The SMILES string of the molecule is CC(C)[C@@H]1C[C@H]1C.CC(C)[C@H]1C[C@@H]1C.CC1CCC(C(C)C)CC1.CC1CCC(C(C)C)CC1.CC1CCC(C(C)C)CC1. The lowest BCUT2D eigenvalue weighted by molar-refractivity contribution is 0.234. The van der Waals surface area contributed by atoms with E-state index in [4.69, 9.17) is 0 Å². The summed E-state index contributed by atoms with van der Waals surface area (Å²) in [5.74, 6) is 15.0. The van der Waals surface area contributed by atoms with E-state index in [1.54, 1.807) is 0 Å². The summed E-state index contributed by atoms with van der Waals surface area (Å²) in [6.45, 7) is 35.3. The molecule has 0 amide bonds. The maximum absolute atomic E-state index is 2.39. The zero-order chi connectivity index (χ0) is 33.6. The van der Waals surface area contributed by atoms with Crippen molar-refractivity contribution in [1.82, 2.24) is 0 Å². The van der Waals surface area contributed by atoms with Gasteiger partial charge in [0.2, 0.25) is 0 Å². The molecule has 5 aliphatic rings. The van der Waals surface area contributed by atoms with Gasteiger partial charge in [0.1, 0.15) is 0 Å². The van der Waals surface area contributed by atoms with Crippen LogP contribution in [0.3, 0.4) is 0 Å². The minimum Gasteiger partial charge on any atom is -0.0625 e. The minimum absolute atomic E-state index is 0.924. The van der Waals surface area contributed by atoms with Crippen LogP contribution < -0.4 is 0 Å². The lowest BCUT2D eigenvalue weighted by atomic mass is 9.78. The highest BCUT2D eigenvalue weighted by atomic mass is 14.4. The van der Waals surface area contributed by atoms with Gasteiger partial charge in [-0.3, -0.25) is 0 Å². The molecular weight excluding hydrogens is 528 g/mol. The molecule has 0 heteroatoms. The van der Waals surface area contributed by atoms with Gasteiger partial charge in [0, 0.05) is 0 Å². The molecule has 5 aliphatic carbocycles. The van der Waals surface area contributed by atoms with Gasteiger partial charge < -0.3 is 0 Å². The normalized spacial score (nSPS) is 36.3. The van der Waals surface area contributed by atoms with Gasteiger partial charge in [0.15, 0.2) is 0 Å². The van der Waals surface area contributed by atoms with E-state index < -0.39 is 0 Å². The van der Waals surface area contributed by atoms with E-state index in [1.165, 1.54) is 89.9 Å². The molecular formula is C44H88. The van der Waals surface area contributed by atoms with Crippen molar-refractivity contribution < 1.29 is 0 Å². The van der Waals surface area contributed by atoms with Gasteiger partial charge in [0.25, 0.3) is 0 Å². The average Bonchev–Trinajstić information content (AvgIpc) is 3.88. The maximum atomic E-state index is 2.39. The van der Waals surface area contributed by atoms with Crippen LogP contribution in [0.25, 0.3) is 0 Å². The van der Waals surface area contributed by atoms with Gasteiger partial charge in [0.05, 0.1) is 0 Å². The molecule has 0 spiro atoms. The van der Waals surface area contributed by atoms with Crippen LogP contribution in [-0.4, -0.2) is 0 Å². The van der Waals surface area contributed by atoms with Crippen molar-refractivity contribution in [3.63, 3.8) is 0 Å². The fraction of sp³-hybridized carbons (Fsp3) is 1.00. The Kier molecular flexibility index (Phi) is 20.8. The Labute approximate surface area is 281 Å². The molecule has 0 heterocycles. The highest BCUT2D eigenvalue weighted by molar-refractivity contribution is 4.84. The molecule has 0 N–H and O–H groups in total. The van der Waals surface area contributed by atoms with Gasteiger partial charge in [-0.1, -0.05) is 142 Å². The fourth-order valence-electron chi connectivity index (χ4n) is 8.42. The Morgan fingerprint density at radius 1 is 0.295 bits per heavy atom. The molecule has 0 saturated heterocycles. The number of hydrogen-bond donors (Lipinski definition) is 0. The first-order chi connectivity index (χ1) is 20.5. The van der Waals surface area contributed by atoms with Crippen LogP contribution in [-0.2, 0) is 0 Å². The Morgan fingerprint density at radius 3 is 0.568 bits per heavy atom. The van der Waals surface area contributed by atoms with Crippen LogP contribution in [0.15, 0.2) is 0 Å². The first kappa shape index (κ1) is 42.0. The molecule has 0 aliphatic heterocycles. The lowest BCUT2D eigenvalue weighted by Gasteiger charge is -2.28. The second kappa shape index (κ2) is 21.8.